The third-order valence-electron chi connectivity index (χ3n) is 3.64. The molecule has 0 aliphatic heterocycles. The summed E-state index contributed by atoms with van der Waals surface area (Å²) in [5.41, 5.74) is 0.754. The Morgan fingerprint density at radius 2 is 1.85 bits per heavy atom. The molecule has 0 bridgehead atoms. The summed E-state index contributed by atoms with van der Waals surface area (Å²) in [4.78, 5) is 25.7. The first-order chi connectivity index (χ1) is 12.7. The Morgan fingerprint density at radius 1 is 1.15 bits per heavy atom. The molecule has 0 aromatic heterocycles. The van der Waals surface area contributed by atoms with Gasteiger partial charge in [-0.3, -0.25) is 9.59 Å². The van der Waals surface area contributed by atoms with E-state index in [1.54, 1.807) is 36.1 Å². The third kappa shape index (κ3) is 8.90. The molecule has 0 saturated heterocycles. The maximum atomic E-state index is 12.5. The van der Waals surface area contributed by atoms with Crippen LogP contribution in [0.3, 0.4) is 0 Å². The standard InChI is InChI=1S/C19H29NO6S/c1-5-25-19(22)11-10-18(21)20(13-15(3)4)14-16-8-7-9-17(12-16)26-27(23,24)6-2/h7-9,12,15H,5-6,10-11,13-14H2,1-4H3. The molecule has 7 nitrogen and oxygen atoms in total. The number of carbonyl (C=O) groups excluding carboxylic acids is 2. The summed E-state index contributed by atoms with van der Waals surface area (Å²) >= 11 is 0. The van der Waals surface area contributed by atoms with E-state index in [-0.39, 0.29) is 42.8 Å². The highest BCUT2D eigenvalue weighted by Gasteiger charge is 2.18. The van der Waals surface area contributed by atoms with Crippen LogP contribution in [0.4, 0.5) is 0 Å². The lowest BCUT2D eigenvalue weighted by Gasteiger charge is -2.25. The second-order valence-corrected chi connectivity index (χ2v) is 8.41. The molecular weight excluding hydrogens is 370 g/mol. The molecule has 0 aliphatic carbocycles. The fraction of sp³-hybridized carbons (Fsp3) is 0.579. The Hall–Kier alpha value is -2.09. The summed E-state index contributed by atoms with van der Waals surface area (Å²) in [5, 5.41) is 0. The summed E-state index contributed by atoms with van der Waals surface area (Å²) < 4.78 is 33.1. The average molecular weight is 400 g/mol. The van der Waals surface area contributed by atoms with Gasteiger partial charge < -0.3 is 13.8 Å². The van der Waals surface area contributed by atoms with Gasteiger partial charge >= 0.3 is 16.1 Å². The van der Waals surface area contributed by atoms with Gasteiger partial charge in [-0.1, -0.05) is 26.0 Å². The average Bonchev–Trinajstić information content (AvgIpc) is 2.59. The molecule has 0 unspecified atom stereocenters. The number of hydrogen-bond acceptors (Lipinski definition) is 6. The summed E-state index contributed by atoms with van der Waals surface area (Å²) in [5.74, 6) is -0.197. The largest absolute Gasteiger partial charge is 0.466 e. The van der Waals surface area contributed by atoms with E-state index in [1.165, 1.54) is 6.92 Å². The van der Waals surface area contributed by atoms with Gasteiger partial charge in [0, 0.05) is 19.5 Å². The molecule has 27 heavy (non-hydrogen) atoms. The van der Waals surface area contributed by atoms with Crippen LogP contribution < -0.4 is 4.18 Å². The van der Waals surface area contributed by atoms with E-state index >= 15 is 0 Å². The fourth-order valence-electron chi connectivity index (χ4n) is 2.42. The van der Waals surface area contributed by atoms with Crippen molar-refractivity contribution in [3.63, 3.8) is 0 Å². The molecule has 0 heterocycles. The number of esters is 1. The summed E-state index contributed by atoms with van der Waals surface area (Å²) in [6.07, 6.45) is 0.116. The lowest BCUT2D eigenvalue weighted by Crippen LogP contribution is -2.34. The maximum Gasteiger partial charge on any atom is 0.308 e. The van der Waals surface area contributed by atoms with Crippen LogP contribution in [-0.2, 0) is 31.0 Å². The normalized spacial score (nSPS) is 11.3. The monoisotopic (exact) mass is 399 g/mol. The van der Waals surface area contributed by atoms with Crippen LogP contribution in [-0.4, -0.2) is 44.1 Å². The minimum absolute atomic E-state index is 0.0408. The maximum absolute atomic E-state index is 12.5. The van der Waals surface area contributed by atoms with Gasteiger partial charge in [0.15, 0.2) is 0 Å². The van der Waals surface area contributed by atoms with Crippen LogP contribution in [0.1, 0.15) is 46.1 Å². The van der Waals surface area contributed by atoms with Crippen LogP contribution in [0.25, 0.3) is 0 Å². The zero-order chi connectivity index (χ0) is 20.4. The van der Waals surface area contributed by atoms with Crippen molar-refractivity contribution in [1.29, 1.82) is 0 Å². The van der Waals surface area contributed by atoms with Crippen molar-refractivity contribution in [3.05, 3.63) is 29.8 Å². The van der Waals surface area contributed by atoms with Crippen LogP contribution in [0.5, 0.6) is 5.75 Å². The van der Waals surface area contributed by atoms with E-state index in [4.69, 9.17) is 8.92 Å². The van der Waals surface area contributed by atoms with E-state index in [2.05, 4.69) is 0 Å². The smallest absolute Gasteiger partial charge is 0.308 e. The first kappa shape index (κ1) is 23.0. The highest BCUT2D eigenvalue weighted by Crippen LogP contribution is 2.18. The van der Waals surface area contributed by atoms with E-state index in [0.717, 1.165) is 5.56 Å². The van der Waals surface area contributed by atoms with Crippen LogP contribution in [0.2, 0.25) is 0 Å². The highest BCUT2D eigenvalue weighted by molar-refractivity contribution is 7.87. The zero-order valence-corrected chi connectivity index (χ0v) is 17.3. The molecular formula is C19H29NO6S. The molecule has 1 aromatic carbocycles. The van der Waals surface area contributed by atoms with E-state index in [9.17, 15) is 18.0 Å². The molecule has 152 valence electrons. The van der Waals surface area contributed by atoms with E-state index in [0.29, 0.717) is 13.1 Å². The second-order valence-electron chi connectivity index (χ2n) is 6.55. The molecule has 0 radical (unpaired) electrons. The quantitative estimate of drug-likeness (QED) is 0.420. The molecule has 0 spiro atoms. The van der Waals surface area contributed by atoms with Crippen molar-refractivity contribution in [2.75, 3.05) is 18.9 Å². The number of ether oxygens (including phenoxy) is 1. The van der Waals surface area contributed by atoms with Crippen molar-refractivity contribution in [3.8, 4) is 5.75 Å². The molecule has 0 N–H and O–H groups in total. The predicted octanol–water partition coefficient (Wildman–Crippen LogP) is 2.74. The topological polar surface area (TPSA) is 90.0 Å². The van der Waals surface area contributed by atoms with E-state index < -0.39 is 16.1 Å². The Morgan fingerprint density at radius 3 is 2.44 bits per heavy atom. The van der Waals surface area contributed by atoms with Gasteiger partial charge in [0.05, 0.1) is 18.8 Å². The fourth-order valence-corrected chi connectivity index (χ4v) is 2.93. The van der Waals surface area contributed by atoms with E-state index in [1.807, 2.05) is 13.8 Å². The first-order valence-electron chi connectivity index (χ1n) is 9.11. The molecule has 0 atom stereocenters. The zero-order valence-electron chi connectivity index (χ0n) is 16.4. The van der Waals surface area contributed by atoms with Crippen LogP contribution >= 0.6 is 0 Å². The molecule has 1 amide bonds. The first-order valence-corrected chi connectivity index (χ1v) is 10.7. The minimum Gasteiger partial charge on any atom is -0.466 e. The van der Waals surface area contributed by atoms with Crippen molar-refractivity contribution in [2.24, 2.45) is 5.92 Å². The molecule has 1 aromatic rings. The Balaban J connectivity index is 2.84. The van der Waals surface area contributed by atoms with Gasteiger partial charge in [-0.2, -0.15) is 8.42 Å². The molecule has 0 aliphatic rings. The lowest BCUT2D eigenvalue weighted by molar-refractivity contribution is -0.145. The van der Waals surface area contributed by atoms with Gasteiger partial charge in [-0.25, -0.2) is 0 Å². The summed E-state index contributed by atoms with van der Waals surface area (Å²) in [6, 6.07) is 6.66. The number of hydrogen-bond donors (Lipinski definition) is 0. The minimum atomic E-state index is -3.61. The number of rotatable bonds is 11. The van der Waals surface area contributed by atoms with Gasteiger partial charge in [-0.15, -0.1) is 0 Å². The number of carbonyl (C=O) groups is 2. The van der Waals surface area contributed by atoms with Crippen LogP contribution in [0.15, 0.2) is 24.3 Å². The van der Waals surface area contributed by atoms with Gasteiger partial charge in [0.25, 0.3) is 0 Å². The second kappa shape index (κ2) is 10.9. The predicted molar refractivity (Wildman–Crippen MR) is 103 cm³/mol. The SMILES string of the molecule is CCOC(=O)CCC(=O)N(Cc1cccc(OS(=O)(=O)CC)c1)CC(C)C. The Labute approximate surface area is 161 Å². The molecule has 0 saturated carbocycles. The van der Waals surface area contributed by atoms with Crippen LogP contribution in [0, 0.1) is 5.92 Å². The number of benzene rings is 1. The number of nitrogens with zero attached hydrogens (tertiary/aromatic N) is 1. The molecule has 8 heteroatoms. The van der Waals surface area contributed by atoms with Gasteiger partial charge in [0.2, 0.25) is 5.91 Å². The van der Waals surface area contributed by atoms with Crippen molar-refractivity contribution in [1.82, 2.24) is 4.90 Å². The number of amides is 1. The Bertz CT molecular complexity index is 729. The van der Waals surface area contributed by atoms with Crippen molar-refractivity contribution in [2.45, 2.75) is 47.1 Å². The lowest BCUT2D eigenvalue weighted by atomic mass is 10.1. The molecule has 0 fully saturated rings. The third-order valence-corrected chi connectivity index (χ3v) is 4.79. The van der Waals surface area contributed by atoms with Gasteiger partial charge in [0.1, 0.15) is 5.75 Å². The highest BCUT2D eigenvalue weighted by atomic mass is 32.2. The molecule has 1 rings (SSSR count). The summed E-state index contributed by atoms with van der Waals surface area (Å²) in [6.45, 7) is 8.35. The van der Waals surface area contributed by atoms with Crippen molar-refractivity contribution < 1.29 is 26.9 Å². The van der Waals surface area contributed by atoms with Crippen molar-refractivity contribution >= 4 is 22.0 Å². The Kier molecular flexibility index (Phi) is 9.28. The van der Waals surface area contributed by atoms with Gasteiger partial charge in [-0.05, 0) is 37.5 Å². The summed E-state index contributed by atoms with van der Waals surface area (Å²) in [7, 11) is -3.61.